The summed E-state index contributed by atoms with van der Waals surface area (Å²) in [6.07, 6.45) is 8.73. The van der Waals surface area contributed by atoms with E-state index in [0.29, 0.717) is 0 Å². The molecule has 0 amide bonds. The first-order valence-electron chi connectivity index (χ1n) is 10.3. The fourth-order valence-electron chi connectivity index (χ4n) is 3.79. The Bertz CT molecular complexity index is 769. The lowest BCUT2D eigenvalue weighted by Gasteiger charge is -2.29. The molecule has 0 saturated carbocycles. The lowest BCUT2D eigenvalue weighted by atomic mass is 10.1. The number of aliphatic imine (C=N–C) groups is 1. The van der Waals surface area contributed by atoms with Crippen LogP contribution in [0.4, 0.5) is 5.69 Å². The summed E-state index contributed by atoms with van der Waals surface area (Å²) in [5.41, 5.74) is 5.22. The lowest BCUT2D eigenvalue weighted by molar-refractivity contribution is 0.477. The number of piperidine rings is 1. The summed E-state index contributed by atoms with van der Waals surface area (Å²) in [7, 11) is 3.93. The van der Waals surface area contributed by atoms with E-state index in [9.17, 15) is 0 Å². The van der Waals surface area contributed by atoms with Crippen molar-refractivity contribution in [1.29, 1.82) is 0 Å². The maximum atomic E-state index is 4.44. The Labute approximate surface area is 192 Å². The van der Waals surface area contributed by atoms with Gasteiger partial charge in [-0.1, -0.05) is 12.1 Å². The van der Waals surface area contributed by atoms with Gasteiger partial charge in [0, 0.05) is 58.4 Å². The Morgan fingerprint density at radius 2 is 1.86 bits per heavy atom. The van der Waals surface area contributed by atoms with E-state index in [4.69, 9.17) is 0 Å². The van der Waals surface area contributed by atoms with Crippen molar-refractivity contribution in [2.45, 2.75) is 39.2 Å². The Kier molecular flexibility index (Phi) is 9.70. The third kappa shape index (κ3) is 6.87. The molecular formula is C23H34IN5. The van der Waals surface area contributed by atoms with Gasteiger partial charge in [0.25, 0.3) is 0 Å². The Hall–Kier alpha value is -1.83. The molecule has 1 fully saturated rings. The normalized spacial score (nSPS) is 14.3. The van der Waals surface area contributed by atoms with Crippen LogP contribution >= 0.6 is 24.0 Å². The quantitative estimate of drug-likeness (QED) is 0.361. The van der Waals surface area contributed by atoms with Crippen molar-refractivity contribution in [3.05, 3.63) is 59.4 Å². The van der Waals surface area contributed by atoms with E-state index in [-0.39, 0.29) is 24.0 Å². The molecular weight excluding hydrogens is 473 g/mol. The van der Waals surface area contributed by atoms with Crippen molar-refractivity contribution >= 4 is 35.6 Å². The van der Waals surface area contributed by atoms with Crippen LogP contribution in [-0.2, 0) is 13.0 Å². The number of aryl methyl sites for hydroxylation is 1. The number of benzene rings is 1. The Morgan fingerprint density at radius 1 is 1.14 bits per heavy atom. The van der Waals surface area contributed by atoms with Gasteiger partial charge in [-0.2, -0.15) is 0 Å². The summed E-state index contributed by atoms with van der Waals surface area (Å²) < 4.78 is 0. The number of guanidine groups is 1. The monoisotopic (exact) mass is 507 g/mol. The van der Waals surface area contributed by atoms with E-state index >= 15 is 0 Å². The highest BCUT2D eigenvalue weighted by Gasteiger charge is 2.11. The van der Waals surface area contributed by atoms with Crippen molar-refractivity contribution in [3.63, 3.8) is 0 Å². The number of nitrogens with zero attached hydrogens (tertiary/aromatic N) is 4. The van der Waals surface area contributed by atoms with Crippen molar-refractivity contribution in [2.24, 2.45) is 4.99 Å². The van der Waals surface area contributed by atoms with E-state index in [1.54, 1.807) is 0 Å². The highest BCUT2D eigenvalue weighted by Crippen LogP contribution is 2.20. The van der Waals surface area contributed by atoms with Crippen LogP contribution in [0.2, 0.25) is 0 Å². The summed E-state index contributed by atoms with van der Waals surface area (Å²) in [6, 6.07) is 11.1. The van der Waals surface area contributed by atoms with Gasteiger partial charge in [-0.05, 0) is 67.5 Å². The summed E-state index contributed by atoms with van der Waals surface area (Å²) in [5, 5.41) is 3.48. The van der Waals surface area contributed by atoms with Gasteiger partial charge < -0.3 is 15.1 Å². The lowest BCUT2D eigenvalue weighted by Crippen LogP contribution is -2.39. The van der Waals surface area contributed by atoms with Crippen LogP contribution in [-0.4, -0.2) is 49.6 Å². The largest absolute Gasteiger partial charge is 0.372 e. The molecule has 0 bridgehead atoms. The number of hydrogen-bond donors (Lipinski definition) is 1. The molecule has 0 aliphatic carbocycles. The van der Waals surface area contributed by atoms with Gasteiger partial charge in [-0.15, -0.1) is 24.0 Å². The minimum absolute atomic E-state index is 0. The van der Waals surface area contributed by atoms with Gasteiger partial charge in [-0.3, -0.25) is 9.98 Å². The highest BCUT2D eigenvalue weighted by atomic mass is 127. The average molecular weight is 507 g/mol. The summed E-state index contributed by atoms with van der Waals surface area (Å²) in [5.74, 6) is 0.923. The SMILES string of the molecule is CN=C(NCCc1ccncc1C)N(C)Cc1ccc(N2CCCCC2)cc1.I. The van der Waals surface area contributed by atoms with Gasteiger partial charge in [0.2, 0.25) is 0 Å². The van der Waals surface area contributed by atoms with Crippen LogP contribution in [0.3, 0.4) is 0 Å². The van der Waals surface area contributed by atoms with Gasteiger partial charge in [0.1, 0.15) is 0 Å². The first kappa shape index (κ1) is 23.4. The fraction of sp³-hybridized carbons (Fsp3) is 0.478. The standard InChI is InChI=1S/C23H33N5.HI/c1-19-17-25-13-11-21(19)12-14-26-23(24-2)27(3)18-20-7-9-22(10-8-20)28-15-5-4-6-16-28;/h7-11,13,17H,4-6,12,14-16,18H2,1-3H3,(H,24,26);1H. The van der Waals surface area contributed by atoms with Gasteiger partial charge in [-0.25, -0.2) is 0 Å². The molecule has 0 unspecified atom stereocenters. The summed E-state index contributed by atoms with van der Waals surface area (Å²) >= 11 is 0. The molecule has 2 heterocycles. The number of anilines is 1. The Balaban J connectivity index is 0.00000300. The molecule has 0 atom stereocenters. The second-order valence-electron chi connectivity index (χ2n) is 7.60. The molecule has 2 aromatic rings. The molecule has 1 aliphatic heterocycles. The molecule has 3 rings (SSSR count). The zero-order valence-corrected chi connectivity index (χ0v) is 20.2. The average Bonchev–Trinajstić information content (AvgIpc) is 2.73. The Morgan fingerprint density at radius 3 is 2.52 bits per heavy atom. The molecule has 1 aliphatic rings. The predicted molar refractivity (Wildman–Crippen MR) is 133 cm³/mol. The molecule has 0 radical (unpaired) electrons. The van der Waals surface area contributed by atoms with Crippen molar-refractivity contribution in [1.82, 2.24) is 15.2 Å². The smallest absolute Gasteiger partial charge is 0.193 e. The van der Waals surface area contributed by atoms with Crippen molar-refractivity contribution in [2.75, 3.05) is 38.6 Å². The number of pyridine rings is 1. The molecule has 29 heavy (non-hydrogen) atoms. The number of rotatable bonds is 6. The maximum Gasteiger partial charge on any atom is 0.193 e. The third-order valence-corrected chi connectivity index (χ3v) is 5.46. The minimum atomic E-state index is 0. The molecule has 6 heteroatoms. The van der Waals surface area contributed by atoms with E-state index in [1.165, 1.54) is 54.7 Å². The van der Waals surface area contributed by atoms with Crippen molar-refractivity contribution in [3.8, 4) is 0 Å². The molecule has 1 saturated heterocycles. The van der Waals surface area contributed by atoms with Crippen LogP contribution in [0.25, 0.3) is 0 Å². The molecule has 1 N–H and O–H groups in total. The molecule has 0 spiro atoms. The van der Waals surface area contributed by atoms with Crippen LogP contribution in [0, 0.1) is 6.92 Å². The van der Waals surface area contributed by atoms with Gasteiger partial charge >= 0.3 is 0 Å². The van der Waals surface area contributed by atoms with Crippen LogP contribution in [0.5, 0.6) is 0 Å². The van der Waals surface area contributed by atoms with Crippen molar-refractivity contribution < 1.29 is 0 Å². The van der Waals surface area contributed by atoms with E-state index < -0.39 is 0 Å². The first-order chi connectivity index (χ1) is 13.7. The topological polar surface area (TPSA) is 43.8 Å². The van der Waals surface area contributed by atoms with Crippen LogP contribution in [0.15, 0.2) is 47.7 Å². The zero-order valence-electron chi connectivity index (χ0n) is 17.9. The van der Waals surface area contributed by atoms with Gasteiger partial charge in [0.15, 0.2) is 5.96 Å². The maximum absolute atomic E-state index is 4.44. The fourth-order valence-corrected chi connectivity index (χ4v) is 3.79. The van der Waals surface area contributed by atoms with Crippen LogP contribution in [0.1, 0.15) is 36.0 Å². The molecule has 5 nitrogen and oxygen atoms in total. The number of nitrogens with one attached hydrogen (secondary N) is 1. The number of hydrogen-bond acceptors (Lipinski definition) is 3. The van der Waals surface area contributed by atoms with Crippen LogP contribution < -0.4 is 10.2 Å². The first-order valence-corrected chi connectivity index (χ1v) is 10.3. The minimum Gasteiger partial charge on any atom is -0.372 e. The predicted octanol–water partition coefficient (Wildman–Crippen LogP) is 4.25. The van der Waals surface area contributed by atoms with Gasteiger partial charge in [0.05, 0.1) is 0 Å². The molecule has 158 valence electrons. The summed E-state index contributed by atoms with van der Waals surface area (Å²) in [6.45, 7) is 6.18. The number of aromatic nitrogens is 1. The number of halogens is 1. The molecule has 1 aromatic heterocycles. The van der Waals surface area contributed by atoms with E-state index in [1.807, 2.05) is 19.4 Å². The van der Waals surface area contributed by atoms with E-state index in [2.05, 4.69) is 69.4 Å². The third-order valence-electron chi connectivity index (χ3n) is 5.46. The highest BCUT2D eigenvalue weighted by molar-refractivity contribution is 14.0. The molecule has 1 aromatic carbocycles. The second-order valence-corrected chi connectivity index (χ2v) is 7.60. The zero-order chi connectivity index (χ0) is 19.8. The van der Waals surface area contributed by atoms with E-state index in [0.717, 1.165) is 25.5 Å². The summed E-state index contributed by atoms with van der Waals surface area (Å²) in [4.78, 5) is 13.3. The second kappa shape index (κ2) is 12.0.